The van der Waals surface area contributed by atoms with Crippen molar-refractivity contribution in [2.45, 2.75) is 58.4 Å². The third-order valence-corrected chi connectivity index (χ3v) is 8.07. The van der Waals surface area contributed by atoms with Crippen LogP contribution in [0.5, 0.6) is 0 Å². The monoisotopic (exact) mass is 540 g/mol. The Bertz CT molecular complexity index is 1490. The molecule has 2 heterocycles. The van der Waals surface area contributed by atoms with E-state index in [2.05, 4.69) is 117 Å². The number of rotatable bonds is 11. The molecule has 2 N–H and O–H groups in total. The van der Waals surface area contributed by atoms with Crippen molar-refractivity contribution < 1.29 is 0 Å². The highest BCUT2D eigenvalue weighted by Crippen LogP contribution is 2.37. The first-order valence-corrected chi connectivity index (χ1v) is 14.8. The average molecular weight is 541 g/mol. The summed E-state index contributed by atoms with van der Waals surface area (Å²) in [4.78, 5) is 12.0. The first kappa shape index (κ1) is 28.3. The van der Waals surface area contributed by atoms with Crippen LogP contribution in [0.1, 0.15) is 57.7 Å². The Morgan fingerprint density at radius 3 is 1.80 bits per heavy atom. The number of anilines is 3. The predicted molar refractivity (Wildman–Crippen MR) is 173 cm³/mol. The molecule has 0 saturated heterocycles. The molecule has 41 heavy (non-hydrogen) atoms. The summed E-state index contributed by atoms with van der Waals surface area (Å²) in [6.07, 6.45) is 9.09. The molecule has 5 aromatic rings. The van der Waals surface area contributed by atoms with Crippen LogP contribution in [0.2, 0.25) is 0 Å². The molecule has 0 saturated carbocycles. The van der Waals surface area contributed by atoms with Gasteiger partial charge in [0.25, 0.3) is 0 Å². The lowest BCUT2D eigenvalue weighted by Crippen LogP contribution is -2.35. The Labute approximate surface area is 244 Å². The topological polar surface area (TPSA) is 55.0 Å². The summed E-state index contributed by atoms with van der Waals surface area (Å²) in [5, 5.41) is 0. The van der Waals surface area contributed by atoms with Crippen LogP contribution in [0.4, 0.5) is 17.2 Å². The number of aryl methyl sites for hydroxylation is 1. The first-order chi connectivity index (χ1) is 20.1. The summed E-state index contributed by atoms with van der Waals surface area (Å²) >= 11 is 0. The van der Waals surface area contributed by atoms with E-state index < -0.39 is 5.54 Å². The SMILES string of the molecule is CCCCc1ccc(-c2ccc(N(c3ccccc3)c3ccccc3)nc2)c(-c2ccc(C(N)(CC)CC)nc2)c1. The molecule has 0 bridgehead atoms. The van der Waals surface area contributed by atoms with Gasteiger partial charge >= 0.3 is 0 Å². The number of aromatic nitrogens is 2. The number of benzene rings is 3. The first-order valence-electron chi connectivity index (χ1n) is 14.8. The van der Waals surface area contributed by atoms with Gasteiger partial charge in [0.05, 0.1) is 11.2 Å². The van der Waals surface area contributed by atoms with Gasteiger partial charge in [-0.05, 0) is 84.8 Å². The summed E-state index contributed by atoms with van der Waals surface area (Å²) in [5.74, 6) is 0.872. The molecule has 0 atom stereocenters. The van der Waals surface area contributed by atoms with Crippen LogP contribution in [0.15, 0.2) is 116 Å². The molecule has 0 spiro atoms. The summed E-state index contributed by atoms with van der Waals surface area (Å²) in [5.41, 5.74) is 15.2. The summed E-state index contributed by atoms with van der Waals surface area (Å²) in [6, 6.07) is 36.1. The molecule has 0 radical (unpaired) electrons. The fourth-order valence-electron chi connectivity index (χ4n) is 5.32. The number of para-hydroxylation sites is 2. The number of nitrogens with zero attached hydrogens (tertiary/aromatic N) is 3. The summed E-state index contributed by atoms with van der Waals surface area (Å²) in [6.45, 7) is 6.49. The highest BCUT2D eigenvalue weighted by Gasteiger charge is 2.24. The van der Waals surface area contributed by atoms with Gasteiger partial charge in [0.15, 0.2) is 0 Å². The normalized spacial score (nSPS) is 11.4. The third-order valence-electron chi connectivity index (χ3n) is 8.07. The van der Waals surface area contributed by atoms with E-state index in [1.54, 1.807) is 0 Å². The van der Waals surface area contributed by atoms with Gasteiger partial charge in [0.2, 0.25) is 0 Å². The van der Waals surface area contributed by atoms with Crippen molar-refractivity contribution in [1.82, 2.24) is 9.97 Å². The maximum Gasteiger partial charge on any atom is 0.137 e. The molecule has 0 unspecified atom stereocenters. The Morgan fingerprint density at radius 1 is 0.659 bits per heavy atom. The van der Waals surface area contributed by atoms with Crippen molar-refractivity contribution in [1.29, 1.82) is 0 Å². The lowest BCUT2D eigenvalue weighted by atomic mass is 9.88. The number of hydrogen-bond donors (Lipinski definition) is 1. The van der Waals surface area contributed by atoms with Gasteiger partial charge in [-0.2, -0.15) is 0 Å². The molecular formula is C37H40N4. The van der Waals surface area contributed by atoms with Crippen molar-refractivity contribution in [3.8, 4) is 22.3 Å². The van der Waals surface area contributed by atoms with Crippen LogP contribution < -0.4 is 10.6 Å². The molecule has 0 fully saturated rings. The van der Waals surface area contributed by atoms with Crippen molar-refractivity contribution in [3.63, 3.8) is 0 Å². The molecule has 2 aromatic heterocycles. The zero-order valence-electron chi connectivity index (χ0n) is 24.4. The molecule has 4 nitrogen and oxygen atoms in total. The lowest BCUT2D eigenvalue weighted by Gasteiger charge is -2.26. The minimum Gasteiger partial charge on any atom is -0.320 e. The largest absolute Gasteiger partial charge is 0.320 e. The molecule has 4 heteroatoms. The maximum atomic E-state index is 6.65. The van der Waals surface area contributed by atoms with Gasteiger partial charge in [0, 0.05) is 34.9 Å². The van der Waals surface area contributed by atoms with Gasteiger partial charge in [-0.15, -0.1) is 0 Å². The molecular weight excluding hydrogens is 500 g/mol. The molecule has 0 amide bonds. The van der Waals surface area contributed by atoms with E-state index in [0.717, 1.165) is 58.8 Å². The van der Waals surface area contributed by atoms with E-state index in [9.17, 15) is 0 Å². The van der Waals surface area contributed by atoms with Crippen LogP contribution in [0, 0.1) is 0 Å². The van der Waals surface area contributed by atoms with Gasteiger partial charge < -0.3 is 5.73 Å². The molecule has 0 aliphatic rings. The minimum atomic E-state index is -0.395. The quantitative estimate of drug-likeness (QED) is 0.181. The van der Waals surface area contributed by atoms with Crippen LogP contribution in [-0.4, -0.2) is 9.97 Å². The predicted octanol–water partition coefficient (Wildman–Crippen LogP) is 9.60. The number of hydrogen-bond acceptors (Lipinski definition) is 4. The van der Waals surface area contributed by atoms with Gasteiger partial charge in [-0.1, -0.05) is 87.9 Å². The maximum absolute atomic E-state index is 6.65. The van der Waals surface area contributed by atoms with E-state index in [0.29, 0.717) is 0 Å². The Kier molecular flexibility index (Phi) is 8.91. The van der Waals surface area contributed by atoms with E-state index >= 15 is 0 Å². The van der Waals surface area contributed by atoms with Crippen molar-refractivity contribution in [3.05, 3.63) is 127 Å². The van der Waals surface area contributed by atoms with Crippen LogP contribution in [0.3, 0.4) is 0 Å². The van der Waals surface area contributed by atoms with E-state index in [1.807, 2.05) is 24.5 Å². The van der Waals surface area contributed by atoms with Gasteiger partial charge in [-0.25, -0.2) is 4.98 Å². The Morgan fingerprint density at radius 2 is 1.27 bits per heavy atom. The number of pyridine rings is 2. The number of unbranched alkanes of at least 4 members (excludes halogenated alkanes) is 1. The van der Waals surface area contributed by atoms with Crippen molar-refractivity contribution >= 4 is 17.2 Å². The average Bonchev–Trinajstić information content (AvgIpc) is 3.05. The Hall–Kier alpha value is -4.28. The van der Waals surface area contributed by atoms with Gasteiger partial charge in [-0.3, -0.25) is 9.88 Å². The Balaban J connectivity index is 1.54. The van der Waals surface area contributed by atoms with Crippen LogP contribution >= 0.6 is 0 Å². The fourth-order valence-corrected chi connectivity index (χ4v) is 5.32. The van der Waals surface area contributed by atoms with Crippen molar-refractivity contribution in [2.24, 2.45) is 5.73 Å². The fraction of sp³-hybridized carbons (Fsp3) is 0.243. The molecule has 208 valence electrons. The zero-order chi connectivity index (χ0) is 28.7. The lowest BCUT2D eigenvalue weighted by molar-refractivity contribution is 0.401. The molecule has 0 aliphatic carbocycles. The van der Waals surface area contributed by atoms with Crippen LogP contribution in [-0.2, 0) is 12.0 Å². The van der Waals surface area contributed by atoms with E-state index in [1.165, 1.54) is 24.0 Å². The highest BCUT2D eigenvalue weighted by molar-refractivity contribution is 5.84. The highest BCUT2D eigenvalue weighted by atomic mass is 15.2. The summed E-state index contributed by atoms with van der Waals surface area (Å²) in [7, 11) is 0. The van der Waals surface area contributed by atoms with Crippen LogP contribution in [0.25, 0.3) is 22.3 Å². The molecule has 5 rings (SSSR count). The second-order valence-electron chi connectivity index (χ2n) is 10.7. The molecule has 0 aliphatic heterocycles. The smallest absolute Gasteiger partial charge is 0.137 e. The number of nitrogens with two attached hydrogens (primary N) is 1. The van der Waals surface area contributed by atoms with Gasteiger partial charge in [0.1, 0.15) is 5.82 Å². The van der Waals surface area contributed by atoms with E-state index in [-0.39, 0.29) is 0 Å². The summed E-state index contributed by atoms with van der Waals surface area (Å²) < 4.78 is 0. The third kappa shape index (κ3) is 6.23. The second-order valence-corrected chi connectivity index (χ2v) is 10.7. The minimum absolute atomic E-state index is 0.395. The second kappa shape index (κ2) is 12.9. The zero-order valence-corrected chi connectivity index (χ0v) is 24.4. The molecule has 3 aromatic carbocycles. The van der Waals surface area contributed by atoms with E-state index in [4.69, 9.17) is 15.7 Å². The van der Waals surface area contributed by atoms with Crippen molar-refractivity contribution in [2.75, 3.05) is 4.90 Å². The standard InChI is InChI=1S/C37H40N4/c1-4-7-14-28-19-22-33(34(25-28)30-20-23-35(39-26-30)37(38,5-2)6-3)29-21-24-36(40-27-29)41(31-15-10-8-11-16-31)32-17-12-9-13-18-32/h8-13,15-27H,4-7,14,38H2,1-3H3.